The van der Waals surface area contributed by atoms with E-state index in [1.54, 1.807) is 0 Å². The molecule has 0 aromatic carbocycles. The molecule has 0 aliphatic rings. The van der Waals surface area contributed by atoms with Crippen LogP contribution in [0.4, 0.5) is 0 Å². The molecule has 3 N–H and O–H groups in total. The number of hydrogen-bond acceptors (Lipinski definition) is 9. The molecule has 332 valence electrons. The molecule has 0 aliphatic carbocycles. The maximum atomic E-state index is 10.2. The quantitative estimate of drug-likeness (QED) is 0.0435. The molecule has 0 aliphatic heterocycles. The van der Waals surface area contributed by atoms with Crippen LogP contribution in [-0.4, -0.2) is 84.2 Å². The molecular weight excluding hydrogens is 698 g/mol. The molecule has 0 spiro atoms. The van der Waals surface area contributed by atoms with Crippen molar-refractivity contribution in [3.63, 3.8) is 0 Å². The van der Waals surface area contributed by atoms with Gasteiger partial charge in [0.05, 0.1) is 27.3 Å². The Balaban J connectivity index is -0.000000350. The third kappa shape index (κ3) is 70.5. The van der Waals surface area contributed by atoms with Crippen LogP contribution in [0.3, 0.4) is 0 Å². The number of carboxylic acid groups (broad SMARTS) is 3. The van der Waals surface area contributed by atoms with Crippen molar-refractivity contribution >= 4 is 17.9 Å². The zero-order chi connectivity index (χ0) is 42.3. The molecule has 0 aromatic rings. The van der Waals surface area contributed by atoms with E-state index in [1.807, 2.05) is 14.1 Å². The van der Waals surface area contributed by atoms with Crippen LogP contribution in [0.5, 0.6) is 0 Å². The smallest absolute Gasteiger partial charge is 0.126 e. The zero-order valence-electron chi connectivity index (χ0n) is 36.8. The lowest BCUT2D eigenvalue weighted by atomic mass is 10.0. The van der Waals surface area contributed by atoms with E-state index in [9.17, 15) is 19.8 Å². The van der Waals surface area contributed by atoms with E-state index in [0.717, 1.165) is 32.6 Å². The molecule has 10 heteroatoms. The maximum Gasteiger partial charge on any atom is 0.126 e. The van der Waals surface area contributed by atoms with Gasteiger partial charge in [-0.2, -0.15) is 0 Å². The summed E-state index contributed by atoms with van der Waals surface area (Å²) in [7, 11) is 3.80. The van der Waals surface area contributed by atoms with Crippen LogP contribution >= 0.6 is 0 Å². The second-order valence-electron chi connectivity index (χ2n) is 16.0. The fourth-order valence-electron chi connectivity index (χ4n) is 6.27. The molecule has 0 rings (SSSR count). The summed E-state index contributed by atoms with van der Waals surface area (Å²) < 4.78 is 0.526. The van der Waals surface area contributed by atoms with Gasteiger partial charge in [-0.3, -0.25) is 0 Å². The fraction of sp³-hybridized carbons (Fsp3) is 0.933. The monoisotopic (exact) mass is 790 g/mol. The largest absolute Gasteiger partial charge is 0.550 e. The Morgan fingerprint density at radius 2 is 0.691 bits per heavy atom. The second kappa shape index (κ2) is 50.3. The summed E-state index contributed by atoms with van der Waals surface area (Å²) in [5, 5.41) is 55.6. The number of aliphatic hydroxyl groups excluding tert-OH is 3. The number of aliphatic carboxylic acids is 3. The van der Waals surface area contributed by atoms with Crippen LogP contribution in [0.1, 0.15) is 226 Å². The van der Waals surface area contributed by atoms with Crippen molar-refractivity contribution < 1.29 is 49.5 Å². The van der Waals surface area contributed by atoms with Gasteiger partial charge in [-0.25, -0.2) is 0 Å². The van der Waals surface area contributed by atoms with Gasteiger partial charge in [0.15, 0.2) is 0 Å². The van der Waals surface area contributed by atoms with E-state index in [1.165, 1.54) is 167 Å². The Hall–Kier alpha value is -1.75. The van der Waals surface area contributed by atoms with Gasteiger partial charge in [0.2, 0.25) is 0 Å². The first kappa shape index (κ1) is 59.9. The van der Waals surface area contributed by atoms with E-state index >= 15 is 0 Å². The third-order valence-electron chi connectivity index (χ3n) is 9.59. The lowest BCUT2D eigenvalue weighted by Gasteiger charge is -2.30. The first-order valence-corrected chi connectivity index (χ1v) is 22.6. The molecule has 0 saturated carbocycles. The minimum absolute atomic E-state index is 0.102. The van der Waals surface area contributed by atoms with Crippen molar-refractivity contribution in [2.75, 3.05) is 40.4 Å². The van der Waals surface area contributed by atoms with Crippen LogP contribution in [0, 0.1) is 0 Å². The number of likely N-dealkylation sites (N-methyl/N-ethyl adjacent to an activating group) is 1. The highest BCUT2D eigenvalue weighted by Crippen LogP contribution is 2.15. The fourth-order valence-corrected chi connectivity index (χ4v) is 6.27. The number of quaternary nitrogens is 1. The van der Waals surface area contributed by atoms with Gasteiger partial charge in [0.1, 0.15) is 19.2 Å². The van der Waals surface area contributed by atoms with E-state index < -0.39 is 24.0 Å². The summed E-state index contributed by atoms with van der Waals surface area (Å²) in [5.74, 6) is -2.89. The van der Waals surface area contributed by atoms with Gasteiger partial charge in [-0.1, -0.05) is 194 Å². The molecule has 0 amide bonds. The van der Waals surface area contributed by atoms with Crippen LogP contribution in [-0.2, 0) is 14.4 Å². The van der Waals surface area contributed by atoms with Crippen molar-refractivity contribution in [1.82, 2.24) is 0 Å². The number of carbonyl (C=O) groups excluding carboxylic acids is 3. The Bertz CT molecular complexity index is 731. The predicted octanol–water partition coefficient (Wildman–Crippen LogP) is 7.16. The highest BCUT2D eigenvalue weighted by molar-refractivity contribution is 5.64. The van der Waals surface area contributed by atoms with E-state index in [4.69, 9.17) is 25.2 Å². The Kier molecular flexibility index (Phi) is 54.8. The lowest BCUT2D eigenvalue weighted by molar-refractivity contribution is -0.893. The summed E-state index contributed by atoms with van der Waals surface area (Å²) in [6, 6.07) is 0. The molecular formula is C45H91NO9-2. The number of aliphatic hydroxyl groups is 3. The third-order valence-corrected chi connectivity index (χ3v) is 9.59. The zero-order valence-corrected chi connectivity index (χ0v) is 36.8. The van der Waals surface area contributed by atoms with Crippen LogP contribution < -0.4 is 15.3 Å². The minimum atomic E-state index is -1.08. The Morgan fingerprint density at radius 3 is 0.873 bits per heavy atom. The molecule has 0 fully saturated rings. The first-order chi connectivity index (χ1) is 26.3. The Labute approximate surface area is 339 Å². The van der Waals surface area contributed by atoms with E-state index in [0.29, 0.717) is 17.6 Å². The van der Waals surface area contributed by atoms with Gasteiger partial charge >= 0.3 is 0 Å². The standard InChI is InChI=1S/2C18H36O2.C7H18NO3.C2H4O2/c2*1-2-3-4-5-6-7-8-9-10-11-12-13-14-15-16-17-18(19)20;1-8(2,3-4-9)5-7(11)6-10;1-2(3)4/h2*2-17H2,1H3,(H,19,20);7,9-11H,3-6H2,1-2H3;1H3,(H,3,4)/q;;+1;/p-3. The van der Waals surface area contributed by atoms with Gasteiger partial charge in [-0.05, 0) is 32.6 Å². The average molecular weight is 790 g/mol. The molecule has 0 bridgehead atoms. The predicted molar refractivity (Wildman–Crippen MR) is 222 cm³/mol. The van der Waals surface area contributed by atoms with E-state index in [2.05, 4.69) is 13.8 Å². The van der Waals surface area contributed by atoms with Gasteiger partial charge in [0.25, 0.3) is 0 Å². The van der Waals surface area contributed by atoms with Gasteiger partial charge in [-0.15, -0.1) is 0 Å². The topological polar surface area (TPSA) is 181 Å². The normalized spacial score (nSPS) is 11.3. The molecule has 1 unspecified atom stereocenters. The number of nitrogens with zero attached hydrogens (tertiary/aromatic N) is 1. The van der Waals surface area contributed by atoms with Crippen LogP contribution in [0.15, 0.2) is 0 Å². The summed E-state index contributed by atoms with van der Waals surface area (Å²) in [4.78, 5) is 29.3. The van der Waals surface area contributed by atoms with Crippen molar-refractivity contribution in [3.8, 4) is 0 Å². The molecule has 0 heterocycles. The maximum absolute atomic E-state index is 10.2. The van der Waals surface area contributed by atoms with Gasteiger partial charge < -0.3 is 49.5 Å². The van der Waals surface area contributed by atoms with Crippen LogP contribution in [0.2, 0.25) is 0 Å². The van der Waals surface area contributed by atoms with Crippen molar-refractivity contribution in [1.29, 1.82) is 0 Å². The molecule has 1 atom stereocenters. The number of rotatable bonds is 37. The molecule has 10 nitrogen and oxygen atoms in total. The Morgan fingerprint density at radius 1 is 0.473 bits per heavy atom. The average Bonchev–Trinajstić information content (AvgIpc) is 3.11. The van der Waals surface area contributed by atoms with Crippen molar-refractivity contribution in [2.24, 2.45) is 0 Å². The lowest BCUT2D eigenvalue weighted by Crippen LogP contribution is -2.47. The van der Waals surface area contributed by atoms with Crippen molar-refractivity contribution in [3.05, 3.63) is 0 Å². The summed E-state index contributed by atoms with van der Waals surface area (Å²) in [5.41, 5.74) is 0. The highest BCUT2D eigenvalue weighted by Gasteiger charge is 2.18. The number of hydrogen-bond donors (Lipinski definition) is 3. The minimum Gasteiger partial charge on any atom is -0.550 e. The first-order valence-electron chi connectivity index (χ1n) is 22.6. The summed E-state index contributed by atoms with van der Waals surface area (Å²) in [6.07, 6.45) is 39.0. The van der Waals surface area contributed by atoms with Gasteiger partial charge in [0, 0.05) is 17.9 Å². The summed E-state index contributed by atoms with van der Waals surface area (Å²) in [6.45, 7) is 6.46. The van der Waals surface area contributed by atoms with Crippen molar-refractivity contribution in [2.45, 2.75) is 232 Å². The number of unbranched alkanes of at least 4 members (excludes halogenated alkanes) is 28. The molecule has 0 saturated heterocycles. The highest BCUT2D eigenvalue weighted by atomic mass is 16.4. The second-order valence-corrected chi connectivity index (χ2v) is 16.0. The van der Waals surface area contributed by atoms with Crippen LogP contribution in [0.25, 0.3) is 0 Å². The number of carbonyl (C=O) groups is 3. The number of carboxylic acids is 3. The summed E-state index contributed by atoms with van der Waals surface area (Å²) >= 11 is 0. The SMILES string of the molecule is CC(=O)[O-].CCCCCCCCCCCCCCCCCC(=O)[O-].CCCCCCCCCCCCCCCCCC(=O)[O-].C[N+](C)(CCO)CC(O)CO. The van der Waals surface area contributed by atoms with E-state index in [-0.39, 0.29) is 26.1 Å². The molecule has 0 aromatic heterocycles. The molecule has 55 heavy (non-hydrogen) atoms. The molecule has 0 radical (unpaired) electrons.